The number of hydrogen-bond donors (Lipinski definition) is 3. The minimum Gasteiger partial charge on any atom is -0.477 e. The molecule has 0 bridgehead atoms. The van der Waals surface area contributed by atoms with Gasteiger partial charge >= 0.3 is 11.9 Å². The van der Waals surface area contributed by atoms with Crippen LogP contribution in [0.15, 0.2) is 34.7 Å². The Labute approximate surface area is 174 Å². The maximum absolute atomic E-state index is 11.5. The number of carbonyl (C=O) groups excluding carboxylic acids is 1. The van der Waals surface area contributed by atoms with Crippen molar-refractivity contribution in [3.05, 3.63) is 53.2 Å². The van der Waals surface area contributed by atoms with E-state index in [1.165, 1.54) is 13.2 Å². The fourth-order valence-electron chi connectivity index (χ4n) is 2.63. The van der Waals surface area contributed by atoms with Crippen molar-refractivity contribution >= 4 is 46.3 Å². The number of nitrogens with one attached hydrogen (secondary N) is 1. The molecule has 0 amide bonds. The van der Waals surface area contributed by atoms with Crippen LogP contribution in [0.1, 0.15) is 32.4 Å². The number of halogens is 1. The van der Waals surface area contributed by atoms with Crippen LogP contribution < -0.4 is 10.6 Å². The normalized spacial score (nSPS) is 10.6. The molecule has 0 saturated carbocycles. The summed E-state index contributed by atoms with van der Waals surface area (Å²) in [7, 11) is 1.18. The number of fused-ring (bicyclic) bond motifs is 2. The predicted molar refractivity (Wildman–Crippen MR) is 107 cm³/mol. The number of anilines is 1. The first-order chi connectivity index (χ1) is 14.3. The molecule has 0 fully saturated rings. The molecule has 0 aliphatic carbocycles. The van der Waals surface area contributed by atoms with Crippen LogP contribution in [0.25, 0.3) is 16.7 Å². The molecule has 3 heterocycles. The molecule has 0 aliphatic heterocycles. The van der Waals surface area contributed by atoms with Gasteiger partial charge < -0.3 is 20.0 Å². The van der Waals surface area contributed by atoms with Gasteiger partial charge in [0.25, 0.3) is 0 Å². The Morgan fingerprint density at radius 2 is 2.07 bits per heavy atom. The van der Waals surface area contributed by atoms with Gasteiger partial charge in [-0.25, -0.2) is 28.9 Å². The maximum atomic E-state index is 11.5. The summed E-state index contributed by atoms with van der Waals surface area (Å²) in [6.45, 7) is 2.46. The number of nitrogens with two attached hydrogens (primary N) is 1. The Hall–Kier alpha value is -3.70. The number of hydrogen-bond acceptors (Lipinski definition) is 9. The number of nitrogen functional groups attached to an aromatic ring is 1. The lowest BCUT2D eigenvalue weighted by Gasteiger charge is -2.03. The highest BCUT2D eigenvalue weighted by atomic mass is 35.5. The van der Waals surface area contributed by atoms with Gasteiger partial charge in [-0.3, -0.25) is 0 Å². The van der Waals surface area contributed by atoms with E-state index in [2.05, 4.69) is 24.6 Å². The fourth-order valence-corrected chi connectivity index (χ4v) is 2.78. The van der Waals surface area contributed by atoms with Crippen molar-refractivity contribution < 1.29 is 23.8 Å². The monoisotopic (exact) mass is 432 g/mol. The highest BCUT2D eigenvalue weighted by Crippen LogP contribution is 2.16. The molecule has 0 saturated heterocycles. The molecule has 4 N–H and O–H groups in total. The second-order valence-corrected chi connectivity index (χ2v) is 6.28. The van der Waals surface area contributed by atoms with Crippen LogP contribution in [0.4, 0.5) is 5.82 Å². The smallest absolute Gasteiger partial charge is 0.356 e. The van der Waals surface area contributed by atoms with Gasteiger partial charge in [-0.15, -0.1) is 5.10 Å². The van der Waals surface area contributed by atoms with Crippen LogP contribution in [0.2, 0.25) is 0 Å². The van der Waals surface area contributed by atoms with E-state index in [-0.39, 0.29) is 22.9 Å². The Morgan fingerprint density at radius 1 is 1.30 bits per heavy atom. The van der Waals surface area contributed by atoms with Gasteiger partial charge in [0.15, 0.2) is 28.5 Å². The second-order valence-electron chi connectivity index (χ2n) is 6.01. The third kappa shape index (κ3) is 4.47. The van der Waals surface area contributed by atoms with Gasteiger partial charge in [0.1, 0.15) is 11.3 Å². The Morgan fingerprint density at radius 3 is 2.73 bits per heavy atom. The van der Waals surface area contributed by atoms with Gasteiger partial charge in [0.2, 0.25) is 0 Å². The van der Waals surface area contributed by atoms with Crippen LogP contribution in [-0.2, 0) is 11.3 Å². The number of carbonyl (C=O) groups is 2. The summed E-state index contributed by atoms with van der Waals surface area (Å²) in [5.41, 5.74) is 8.08. The number of esters is 1. The number of aromatic nitrogens is 4. The van der Waals surface area contributed by atoms with Gasteiger partial charge in [0, 0.05) is 25.6 Å². The first-order valence-corrected chi connectivity index (χ1v) is 8.87. The fraction of sp³-hybridized carbons (Fsp3) is 0.167. The zero-order valence-electron chi connectivity index (χ0n) is 15.9. The SMILES string of the molecule is COC(=O)c1cc(C(=O)O)nc2cc(N)nn12.Cc1nc2cc(CNCl)ccc2o1. The summed E-state index contributed by atoms with van der Waals surface area (Å²) in [6, 6.07) is 8.26. The number of carboxylic acid groups (broad SMARTS) is 1. The molecule has 11 nitrogen and oxygen atoms in total. The molecule has 0 spiro atoms. The van der Waals surface area contributed by atoms with E-state index in [9.17, 15) is 9.59 Å². The largest absolute Gasteiger partial charge is 0.477 e. The van der Waals surface area contributed by atoms with Crippen LogP contribution in [-0.4, -0.2) is 43.7 Å². The first-order valence-electron chi connectivity index (χ1n) is 8.50. The summed E-state index contributed by atoms with van der Waals surface area (Å²) in [4.78, 5) is 32.9. The van der Waals surface area contributed by atoms with E-state index in [4.69, 9.17) is 27.0 Å². The van der Waals surface area contributed by atoms with Crippen molar-refractivity contribution in [2.45, 2.75) is 13.5 Å². The molecule has 1 aromatic carbocycles. The molecule has 0 unspecified atom stereocenters. The van der Waals surface area contributed by atoms with Crippen molar-refractivity contribution in [2.24, 2.45) is 0 Å². The minimum atomic E-state index is -1.25. The number of aromatic carboxylic acids is 1. The van der Waals surface area contributed by atoms with E-state index in [0.29, 0.717) is 12.4 Å². The predicted octanol–water partition coefficient (Wildman–Crippen LogP) is 2.18. The summed E-state index contributed by atoms with van der Waals surface area (Å²) in [5, 5.41) is 12.7. The standard InChI is InChI=1S/C9H9ClN2O.C9H8N4O4/c1-6-12-8-4-7(5-11-10)2-3-9(8)13-6;1-17-9(16)5-2-4(8(14)15)11-7-3-6(10)12-13(5)7/h2-4,11H,5H2,1H3;2-3H,1H3,(H2,10,12)(H,14,15). The lowest BCUT2D eigenvalue weighted by molar-refractivity contribution is 0.0590. The van der Waals surface area contributed by atoms with Crippen LogP contribution in [0.3, 0.4) is 0 Å². The minimum absolute atomic E-state index is 0.0494. The first kappa shape index (κ1) is 21.0. The quantitative estimate of drug-likeness (QED) is 0.322. The maximum Gasteiger partial charge on any atom is 0.356 e. The molecular formula is C18H17ClN6O5. The van der Waals surface area contributed by atoms with Gasteiger partial charge in [-0.1, -0.05) is 6.07 Å². The van der Waals surface area contributed by atoms with Crippen LogP contribution in [0.5, 0.6) is 0 Å². The number of rotatable bonds is 4. The van der Waals surface area contributed by atoms with E-state index < -0.39 is 11.9 Å². The van der Waals surface area contributed by atoms with Crippen molar-refractivity contribution in [2.75, 3.05) is 12.8 Å². The highest BCUT2D eigenvalue weighted by Gasteiger charge is 2.18. The number of carboxylic acids is 1. The number of aryl methyl sites for hydroxylation is 1. The number of oxazole rings is 1. The Bertz CT molecular complexity index is 1230. The Balaban J connectivity index is 0.000000177. The van der Waals surface area contributed by atoms with Crippen molar-refractivity contribution in [3.63, 3.8) is 0 Å². The van der Waals surface area contributed by atoms with Crippen LogP contribution in [0, 0.1) is 6.92 Å². The third-order valence-corrected chi connectivity index (χ3v) is 4.02. The van der Waals surface area contributed by atoms with E-state index in [0.717, 1.165) is 27.2 Å². The summed E-state index contributed by atoms with van der Waals surface area (Å²) in [5.74, 6) is -1.16. The number of methoxy groups -OCH3 is 1. The molecular weight excluding hydrogens is 416 g/mol. The number of nitrogens with zero attached hydrogens (tertiary/aromatic N) is 4. The van der Waals surface area contributed by atoms with Gasteiger partial charge in [-0.05, 0) is 29.5 Å². The third-order valence-electron chi connectivity index (χ3n) is 3.89. The van der Waals surface area contributed by atoms with Gasteiger partial charge in [0.05, 0.1) is 7.11 Å². The van der Waals surface area contributed by atoms with Crippen molar-refractivity contribution in [1.82, 2.24) is 24.4 Å². The lowest BCUT2D eigenvalue weighted by Crippen LogP contribution is -2.13. The van der Waals surface area contributed by atoms with E-state index >= 15 is 0 Å². The molecule has 0 atom stereocenters. The summed E-state index contributed by atoms with van der Waals surface area (Å²) >= 11 is 5.40. The van der Waals surface area contributed by atoms with E-state index in [1.807, 2.05) is 25.1 Å². The molecule has 3 aromatic heterocycles. The highest BCUT2D eigenvalue weighted by molar-refractivity contribution is 6.13. The van der Waals surface area contributed by atoms with Crippen molar-refractivity contribution in [1.29, 1.82) is 0 Å². The lowest BCUT2D eigenvalue weighted by atomic mass is 10.2. The van der Waals surface area contributed by atoms with Gasteiger partial charge in [-0.2, -0.15) is 0 Å². The van der Waals surface area contributed by atoms with Crippen LogP contribution >= 0.6 is 11.8 Å². The number of ether oxygens (including phenoxy) is 1. The van der Waals surface area contributed by atoms with Crippen molar-refractivity contribution in [3.8, 4) is 0 Å². The molecule has 12 heteroatoms. The molecule has 156 valence electrons. The second kappa shape index (κ2) is 8.76. The average Bonchev–Trinajstić information content (AvgIpc) is 3.27. The summed E-state index contributed by atoms with van der Waals surface area (Å²) < 4.78 is 11.0. The molecule has 4 aromatic rings. The Kier molecular flexibility index (Phi) is 6.14. The molecule has 30 heavy (non-hydrogen) atoms. The number of benzene rings is 1. The average molecular weight is 433 g/mol. The molecule has 0 radical (unpaired) electrons. The van der Waals surface area contributed by atoms with E-state index in [1.54, 1.807) is 0 Å². The molecule has 4 rings (SSSR count). The summed E-state index contributed by atoms with van der Waals surface area (Å²) in [6.07, 6.45) is 0. The molecule has 0 aliphatic rings. The zero-order chi connectivity index (χ0) is 21.8. The zero-order valence-corrected chi connectivity index (χ0v) is 16.7. The topological polar surface area (TPSA) is 158 Å².